The maximum atomic E-state index is 12.6. The minimum atomic E-state index is -0.963. The Morgan fingerprint density at radius 1 is 1.18 bits per heavy atom. The van der Waals surface area contributed by atoms with Gasteiger partial charge in [0.2, 0.25) is 0 Å². The molecule has 2 aromatic rings. The van der Waals surface area contributed by atoms with E-state index in [4.69, 9.17) is 4.74 Å². The number of carbonyl (C=O) groups excluding carboxylic acids is 2. The molecular formula is C22H30N2O4. The minimum absolute atomic E-state index is 0.257. The van der Waals surface area contributed by atoms with Gasteiger partial charge >= 0.3 is 5.97 Å². The number of aromatic amines is 1. The molecule has 0 aliphatic carbocycles. The van der Waals surface area contributed by atoms with Crippen LogP contribution in [-0.2, 0) is 9.53 Å². The number of amides is 1. The molecule has 28 heavy (non-hydrogen) atoms. The van der Waals surface area contributed by atoms with E-state index >= 15 is 0 Å². The van der Waals surface area contributed by atoms with Crippen molar-refractivity contribution in [2.24, 2.45) is 0 Å². The summed E-state index contributed by atoms with van der Waals surface area (Å²) in [5.41, 5.74) is 4.05. The third-order valence-corrected chi connectivity index (χ3v) is 5.13. The average Bonchev–Trinajstić information content (AvgIpc) is 2.95. The zero-order valence-corrected chi connectivity index (χ0v) is 17.4. The van der Waals surface area contributed by atoms with Crippen molar-refractivity contribution >= 4 is 17.6 Å². The lowest BCUT2D eigenvalue weighted by molar-refractivity contribution is -0.123. The molecule has 3 atom stereocenters. The Kier molecular flexibility index (Phi) is 7.02. The molecule has 1 aromatic heterocycles. The van der Waals surface area contributed by atoms with Gasteiger partial charge in [0.25, 0.3) is 5.91 Å². The van der Waals surface area contributed by atoms with Gasteiger partial charge in [-0.05, 0) is 57.2 Å². The summed E-state index contributed by atoms with van der Waals surface area (Å²) in [7, 11) is 0. The summed E-state index contributed by atoms with van der Waals surface area (Å²) in [6.07, 6.45) is -0.708. The first-order valence-electron chi connectivity index (χ1n) is 9.65. The molecule has 6 nitrogen and oxygen atoms in total. The van der Waals surface area contributed by atoms with Crippen molar-refractivity contribution in [3.63, 3.8) is 0 Å². The number of nitrogens with one attached hydrogen (secondary N) is 2. The van der Waals surface area contributed by atoms with Crippen LogP contribution in [0.3, 0.4) is 0 Å². The van der Waals surface area contributed by atoms with Gasteiger partial charge in [0.05, 0.1) is 6.10 Å². The Hall–Kier alpha value is -2.60. The number of aromatic nitrogens is 1. The van der Waals surface area contributed by atoms with Crippen LogP contribution >= 0.6 is 0 Å². The van der Waals surface area contributed by atoms with E-state index in [2.05, 4.69) is 24.1 Å². The standard InChI is InChI=1S/C22H30N2O4/c1-7-12(2)17-10-8-9-11-18(17)24-21(26)16(6)28-22(27)20-13(3)19(15(5)25)14(4)23-20/h8-12,15-16,23,25H,7H2,1-6H3,(H,24,26)/t12-,15-,16-/m1/s1. The number of ether oxygens (including phenoxy) is 1. The molecule has 0 fully saturated rings. The molecule has 0 aliphatic heterocycles. The predicted octanol–water partition coefficient (Wildman–Crippen LogP) is 4.38. The highest BCUT2D eigenvalue weighted by Crippen LogP contribution is 2.27. The minimum Gasteiger partial charge on any atom is -0.448 e. The summed E-state index contributed by atoms with van der Waals surface area (Å²) < 4.78 is 5.36. The quantitative estimate of drug-likeness (QED) is 0.616. The molecule has 0 unspecified atom stereocenters. The number of anilines is 1. The number of hydrogen-bond acceptors (Lipinski definition) is 4. The largest absolute Gasteiger partial charge is 0.448 e. The number of aliphatic hydroxyl groups excluding tert-OH is 1. The molecular weight excluding hydrogens is 356 g/mol. The third kappa shape index (κ3) is 4.62. The lowest BCUT2D eigenvalue weighted by Crippen LogP contribution is -2.30. The fourth-order valence-corrected chi connectivity index (χ4v) is 3.36. The SMILES string of the molecule is CC[C@@H](C)c1ccccc1NC(=O)[C@@H](C)OC(=O)c1[nH]c(C)c([C@@H](C)O)c1C. The number of para-hydroxylation sites is 1. The van der Waals surface area contributed by atoms with Crippen molar-refractivity contribution in [3.05, 3.63) is 52.3 Å². The van der Waals surface area contributed by atoms with Crippen LogP contribution < -0.4 is 5.32 Å². The molecule has 1 aromatic carbocycles. The zero-order valence-electron chi connectivity index (χ0n) is 17.4. The van der Waals surface area contributed by atoms with Crippen LogP contribution in [0.5, 0.6) is 0 Å². The molecule has 2 rings (SSSR count). The van der Waals surface area contributed by atoms with Crippen LogP contribution in [-0.4, -0.2) is 28.1 Å². The van der Waals surface area contributed by atoms with Crippen molar-refractivity contribution in [1.29, 1.82) is 0 Å². The summed E-state index contributed by atoms with van der Waals surface area (Å²) in [5.74, 6) is -0.705. The molecule has 1 amide bonds. The van der Waals surface area contributed by atoms with Gasteiger partial charge in [-0.15, -0.1) is 0 Å². The van der Waals surface area contributed by atoms with E-state index in [0.717, 1.165) is 17.7 Å². The molecule has 3 N–H and O–H groups in total. The predicted molar refractivity (Wildman–Crippen MR) is 110 cm³/mol. The van der Waals surface area contributed by atoms with Gasteiger partial charge in [-0.2, -0.15) is 0 Å². The first kappa shape index (κ1) is 21.7. The van der Waals surface area contributed by atoms with Gasteiger partial charge in [-0.3, -0.25) is 4.79 Å². The highest BCUT2D eigenvalue weighted by molar-refractivity contribution is 5.97. The summed E-state index contributed by atoms with van der Waals surface area (Å²) in [5, 5.41) is 12.7. The number of benzene rings is 1. The molecule has 6 heteroatoms. The second-order valence-electron chi connectivity index (χ2n) is 7.27. The lowest BCUT2D eigenvalue weighted by Gasteiger charge is -2.18. The molecule has 0 radical (unpaired) electrons. The van der Waals surface area contributed by atoms with Crippen LogP contribution in [0.15, 0.2) is 24.3 Å². The molecule has 0 spiro atoms. The van der Waals surface area contributed by atoms with E-state index in [0.29, 0.717) is 22.7 Å². The normalized spacial score (nSPS) is 14.2. The summed E-state index contributed by atoms with van der Waals surface area (Å²) >= 11 is 0. The summed E-state index contributed by atoms with van der Waals surface area (Å²) in [6.45, 7) is 10.9. The van der Waals surface area contributed by atoms with Crippen molar-refractivity contribution in [3.8, 4) is 0 Å². The topological polar surface area (TPSA) is 91.4 Å². The molecule has 0 aliphatic rings. The van der Waals surface area contributed by atoms with Crippen molar-refractivity contribution in [2.75, 3.05) is 5.32 Å². The van der Waals surface area contributed by atoms with E-state index in [1.165, 1.54) is 0 Å². The number of esters is 1. The summed E-state index contributed by atoms with van der Waals surface area (Å²) in [6, 6.07) is 7.64. The summed E-state index contributed by atoms with van der Waals surface area (Å²) in [4.78, 5) is 28.0. The van der Waals surface area contributed by atoms with Crippen LogP contribution in [0.4, 0.5) is 5.69 Å². The molecule has 0 bridgehead atoms. The molecule has 0 saturated heterocycles. The highest BCUT2D eigenvalue weighted by Gasteiger charge is 2.25. The molecule has 152 valence electrons. The monoisotopic (exact) mass is 386 g/mol. The van der Waals surface area contributed by atoms with Crippen molar-refractivity contribution in [1.82, 2.24) is 4.98 Å². The Labute approximate surface area is 166 Å². The Bertz CT molecular complexity index is 854. The Balaban J connectivity index is 2.12. The number of rotatable bonds is 7. The second kappa shape index (κ2) is 9.06. The van der Waals surface area contributed by atoms with E-state index in [9.17, 15) is 14.7 Å². The second-order valence-corrected chi connectivity index (χ2v) is 7.27. The van der Waals surface area contributed by atoms with Crippen LogP contribution in [0.1, 0.15) is 79.0 Å². The fraction of sp³-hybridized carbons (Fsp3) is 0.455. The first-order valence-corrected chi connectivity index (χ1v) is 9.65. The number of H-pyrrole nitrogens is 1. The highest BCUT2D eigenvalue weighted by atomic mass is 16.5. The van der Waals surface area contributed by atoms with Gasteiger partial charge in [0.1, 0.15) is 5.69 Å². The Morgan fingerprint density at radius 3 is 2.39 bits per heavy atom. The first-order chi connectivity index (χ1) is 13.2. The smallest absolute Gasteiger partial charge is 0.355 e. The van der Waals surface area contributed by atoms with Crippen LogP contribution in [0.25, 0.3) is 0 Å². The average molecular weight is 386 g/mol. The van der Waals surface area contributed by atoms with Crippen molar-refractivity contribution < 1.29 is 19.4 Å². The molecule has 0 saturated carbocycles. The molecule has 1 heterocycles. The number of aliphatic hydroxyl groups is 1. The van der Waals surface area contributed by atoms with Gasteiger partial charge < -0.3 is 20.1 Å². The van der Waals surface area contributed by atoms with Gasteiger partial charge in [0, 0.05) is 16.9 Å². The van der Waals surface area contributed by atoms with Gasteiger partial charge in [-0.25, -0.2) is 4.79 Å². The van der Waals surface area contributed by atoms with Gasteiger partial charge in [-0.1, -0.05) is 32.0 Å². The van der Waals surface area contributed by atoms with E-state index < -0.39 is 18.2 Å². The third-order valence-electron chi connectivity index (χ3n) is 5.13. The fourth-order valence-electron chi connectivity index (χ4n) is 3.36. The maximum absolute atomic E-state index is 12.6. The lowest BCUT2D eigenvalue weighted by atomic mass is 9.97. The van der Waals surface area contributed by atoms with E-state index in [1.807, 2.05) is 24.3 Å². The maximum Gasteiger partial charge on any atom is 0.355 e. The van der Waals surface area contributed by atoms with Crippen molar-refractivity contribution in [2.45, 2.75) is 66.1 Å². The zero-order chi connectivity index (χ0) is 21.0. The Morgan fingerprint density at radius 2 is 1.82 bits per heavy atom. The van der Waals surface area contributed by atoms with E-state index in [-0.39, 0.29) is 11.6 Å². The number of aryl methyl sites for hydroxylation is 1. The van der Waals surface area contributed by atoms with E-state index in [1.54, 1.807) is 27.7 Å². The number of hydrogen-bond donors (Lipinski definition) is 3. The van der Waals surface area contributed by atoms with Crippen LogP contribution in [0.2, 0.25) is 0 Å². The van der Waals surface area contributed by atoms with Gasteiger partial charge in [0.15, 0.2) is 6.10 Å². The van der Waals surface area contributed by atoms with Crippen LogP contribution in [0, 0.1) is 13.8 Å². The number of carbonyl (C=O) groups is 2.